The van der Waals surface area contributed by atoms with E-state index in [1.807, 2.05) is 0 Å². The fourth-order valence-electron chi connectivity index (χ4n) is 3.08. The smallest absolute Gasteiger partial charge is 0.287 e. The van der Waals surface area contributed by atoms with Gasteiger partial charge in [-0.1, -0.05) is 18.2 Å². The zero-order valence-electron chi connectivity index (χ0n) is 16.9. The fourth-order valence-corrected chi connectivity index (χ4v) is 4.46. The highest BCUT2D eigenvalue weighted by Crippen LogP contribution is 2.30. The minimum Gasteiger partial charge on any atom is -0.497 e. The van der Waals surface area contributed by atoms with E-state index < -0.39 is 21.8 Å². The second kappa shape index (κ2) is 9.04. The third-order valence-electron chi connectivity index (χ3n) is 4.66. The van der Waals surface area contributed by atoms with Crippen LogP contribution in [0.1, 0.15) is 34.6 Å². The van der Waals surface area contributed by atoms with Gasteiger partial charge in [0.1, 0.15) is 11.5 Å². The minimum absolute atomic E-state index is 0.0335. The minimum atomic E-state index is -3.61. The maximum absolute atomic E-state index is 12.8. The van der Waals surface area contributed by atoms with Crippen LogP contribution in [-0.4, -0.2) is 28.5 Å². The van der Waals surface area contributed by atoms with Gasteiger partial charge in [-0.3, -0.25) is 4.79 Å². The highest BCUT2D eigenvalue weighted by atomic mass is 32.2. The van der Waals surface area contributed by atoms with Crippen molar-refractivity contribution in [1.82, 2.24) is 5.32 Å². The van der Waals surface area contributed by atoms with Crippen LogP contribution in [0, 0.1) is 0 Å². The average molecular weight is 429 g/mol. The Morgan fingerprint density at radius 1 is 1.07 bits per heavy atom. The lowest BCUT2D eigenvalue weighted by Gasteiger charge is -2.18. The zero-order valence-corrected chi connectivity index (χ0v) is 17.7. The highest BCUT2D eigenvalue weighted by molar-refractivity contribution is 7.90. The number of sulfone groups is 1. The van der Waals surface area contributed by atoms with Crippen LogP contribution in [0.3, 0.4) is 0 Å². The molecule has 1 unspecified atom stereocenters. The number of carbonyl (C=O) groups excluding carboxylic acids is 1. The van der Waals surface area contributed by atoms with E-state index in [1.54, 1.807) is 50.4 Å². The van der Waals surface area contributed by atoms with Crippen molar-refractivity contribution in [1.29, 1.82) is 0 Å². The first-order valence-corrected chi connectivity index (χ1v) is 10.9. The molecule has 1 heterocycles. The number of hydrogen-bond acceptors (Lipinski definition) is 6. The van der Waals surface area contributed by atoms with E-state index >= 15 is 0 Å². The number of nitrogens with one attached hydrogen (secondary N) is 1. The Hall–Kier alpha value is -3.26. The molecule has 0 fully saturated rings. The van der Waals surface area contributed by atoms with E-state index in [4.69, 9.17) is 13.9 Å². The van der Waals surface area contributed by atoms with Gasteiger partial charge in [0.15, 0.2) is 15.6 Å². The van der Waals surface area contributed by atoms with Crippen LogP contribution in [0.5, 0.6) is 11.5 Å². The molecule has 0 saturated heterocycles. The number of ether oxygens (including phenoxy) is 2. The second-order valence-electron chi connectivity index (χ2n) is 6.65. The number of hydrogen-bond donors (Lipinski definition) is 1. The maximum atomic E-state index is 12.8. The van der Waals surface area contributed by atoms with E-state index in [9.17, 15) is 13.2 Å². The van der Waals surface area contributed by atoms with Gasteiger partial charge in [-0.05, 0) is 37.3 Å². The van der Waals surface area contributed by atoms with Crippen LogP contribution in [0.4, 0.5) is 0 Å². The van der Waals surface area contributed by atoms with Crippen LogP contribution in [0.15, 0.2) is 70.2 Å². The normalized spacial score (nSPS) is 12.2. The molecule has 1 N–H and O–H groups in total. The lowest BCUT2D eigenvalue weighted by atomic mass is 10.1. The molecule has 3 aromatic rings. The predicted octanol–water partition coefficient (Wildman–Crippen LogP) is 3.76. The van der Waals surface area contributed by atoms with E-state index in [2.05, 4.69) is 5.32 Å². The summed E-state index contributed by atoms with van der Waals surface area (Å²) >= 11 is 0. The SMILES string of the molecule is COc1ccc(C(C)NC(=O)c2occc2CS(=O)(=O)c2ccccc2)c(OC)c1. The van der Waals surface area contributed by atoms with Gasteiger partial charge in [0.2, 0.25) is 0 Å². The van der Waals surface area contributed by atoms with E-state index in [0.29, 0.717) is 17.1 Å². The van der Waals surface area contributed by atoms with Crippen molar-refractivity contribution in [3.63, 3.8) is 0 Å². The standard InChI is InChI=1S/C22H23NO6S/c1-15(19-10-9-17(27-2)13-20(19)28-3)23-22(24)21-16(11-12-29-21)14-30(25,26)18-7-5-4-6-8-18/h4-13,15H,14H2,1-3H3,(H,23,24). The zero-order chi connectivity index (χ0) is 21.7. The van der Waals surface area contributed by atoms with Gasteiger partial charge >= 0.3 is 0 Å². The number of amides is 1. The quantitative estimate of drug-likeness (QED) is 0.586. The molecule has 8 heteroatoms. The summed E-state index contributed by atoms with van der Waals surface area (Å²) in [7, 11) is -0.521. The summed E-state index contributed by atoms with van der Waals surface area (Å²) in [5.74, 6) is 0.316. The summed E-state index contributed by atoms with van der Waals surface area (Å²) in [6.07, 6.45) is 1.31. The van der Waals surface area contributed by atoms with Crippen molar-refractivity contribution in [3.05, 3.63) is 77.7 Å². The first-order valence-electron chi connectivity index (χ1n) is 9.22. The number of furan rings is 1. The Morgan fingerprint density at radius 2 is 1.80 bits per heavy atom. The van der Waals surface area contributed by atoms with E-state index in [1.165, 1.54) is 31.6 Å². The van der Waals surface area contributed by atoms with Crippen molar-refractivity contribution < 1.29 is 27.1 Å². The molecule has 30 heavy (non-hydrogen) atoms. The lowest BCUT2D eigenvalue weighted by molar-refractivity contribution is 0.0910. The molecular weight excluding hydrogens is 406 g/mol. The van der Waals surface area contributed by atoms with Gasteiger partial charge < -0.3 is 19.2 Å². The second-order valence-corrected chi connectivity index (χ2v) is 8.64. The molecule has 158 valence electrons. The summed E-state index contributed by atoms with van der Waals surface area (Å²) in [6, 6.07) is 14.5. The molecule has 0 aliphatic heterocycles. The molecule has 0 radical (unpaired) electrons. The number of methoxy groups -OCH3 is 2. The largest absolute Gasteiger partial charge is 0.497 e. The first kappa shape index (κ1) is 21.4. The molecule has 3 rings (SSSR count). The third-order valence-corrected chi connectivity index (χ3v) is 6.34. The van der Waals surface area contributed by atoms with Gasteiger partial charge in [-0.15, -0.1) is 0 Å². The van der Waals surface area contributed by atoms with Crippen LogP contribution < -0.4 is 14.8 Å². The topological polar surface area (TPSA) is 94.8 Å². The van der Waals surface area contributed by atoms with Crippen LogP contribution in [-0.2, 0) is 15.6 Å². The summed E-state index contributed by atoms with van der Waals surface area (Å²) in [5, 5.41) is 2.83. The number of benzene rings is 2. The molecule has 0 saturated carbocycles. The third kappa shape index (κ3) is 4.65. The molecule has 0 aliphatic carbocycles. The molecule has 1 atom stereocenters. The molecule has 2 aromatic carbocycles. The highest BCUT2D eigenvalue weighted by Gasteiger charge is 2.24. The van der Waals surface area contributed by atoms with E-state index in [0.717, 1.165) is 5.56 Å². The van der Waals surface area contributed by atoms with Gasteiger partial charge in [0.05, 0.1) is 37.2 Å². The molecular formula is C22H23NO6S. The van der Waals surface area contributed by atoms with Crippen LogP contribution >= 0.6 is 0 Å². The van der Waals surface area contributed by atoms with Gasteiger partial charge in [0.25, 0.3) is 5.91 Å². The Bertz CT molecular complexity index is 1120. The van der Waals surface area contributed by atoms with Gasteiger partial charge in [0, 0.05) is 17.2 Å². The van der Waals surface area contributed by atoms with Crippen molar-refractivity contribution in [3.8, 4) is 11.5 Å². The summed E-state index contributed by atoms with van der Waals surface area (Å²) in [6.45, 7) is 1.80. The fraction of sp³-hybridized carbons (Fsp3) is 0.227. The lowest BCUT2D eigenvalue weighted by Crippen LogP contribution is -2.27. The maximum Gasteiger partial charge on any atom is 0.287 e. The Kier molecular flexibility index (Phi) is 6.47. The van der Waals surface area contributed by atoms with E-state index in [-0.39, 0.29) is 16.4 Å². The Morgan fingerprint density at radius 3 is 2.47 bits per heavy atom. The predicted molar refractivity (Wildman–Crippen MR) is 111 cm³/mol. The monoisotopic (exact) mass is 429 g/mol. The van der Waals surface area contributed by atoms with Crippen molar-refractivity contribution in [2.45, 2.75) is 23.6 Å². The number of rotatable bonds is 8. The molecule has 1 amide bonds. The van der Waals surface area contributed by atoms with Crippen molar-refractivity contribution in [2.24, 2.45) is 0 Å². The van der Waals surface area contributed by atoms with Gasteiger partial charge in [-0.25, -0.2) is 8.42 Å². The first-order chi connectivity index (χ1) is 14.4. The van der Waals surface area contributed by atoms with Crippen LogP contribution in [0.2, 0.25) is 0 Å². The Labute approximate surface area is 175 Å². The number of carbonyl (C=O) groups is 1. The van der Waals surface area contributed by atoms with Crippen molar-refractivity contribution in [2.75, 3.05) is 14.2 Å². The Balaban J connectivity index is 1.79. The molecule has 0 bridgehead atoms. The summed E-state index contributed by atoms with van der Waals surface area (Å²) < 4.78 is 41.2. The van der Waals surface area contributed by atoms with Crippen LogP contribution in [0.25, 0.3) is 0 Å². The average Bonchev–Trinajstić information content (AvgIpc) is 3.21. The summed E-state index contributed by atoms with van der Waals surface area (Å²) in [5.41, 5.74) is 1.04. The summed E-state index contributed by atoms with van der Waals surface area (Å²) in [4.78, 5) is 13.0. The molecule has 0 aliphatic rings. The molecule has 1 aromatic heterocycles. The van der Waals surface area contributed by atoms with Crippen molar-refractivity contribution >= 4 is 15.7 Å². The van der Waals surface area contributed by atoms with Gasteiger partial charge in [-0.2, -0.15) is 0 Å². The molecule has 0 spiro atoms. The molecule has 7 nitrogen and oxygen atoms in total.